The van der Waals surface area contributed by atoms with Crippen LogP contribution in [0.15, 0.2) is 60.7 Å². The van der Waals surface area contributed by atoms with E-state index in [0.717, 1.165) is 11.1 Å². The number of alkyl carbamates (subject to hydrolysis) is 1. The number of hydrogen-bond acceptors (Lipinski definition) is 3. The topological polar surface area (TPSA) is 55.4 Å². The average Bonchev–Trinajstić information content (AvgIpc) is 2.54. The first-order valence-corrected chi connectivity index (χ1v) is 7.53. The molecule has 2 aromatic carbocycles. The van der Waals surface area contributed by atoms with Gasteiger partial charge in [0.1, 0.15) is 12.1 Å². The van der Waals surface area contributed by atoms with E-state index in [4.69, 9.17) is 4.74 Å². The molecule has 0 spiro atoms. The summed E-state index contributed by atoms with van der Waals surface area (Å²) in [7, 11) is 0. The minimum atomic E-state index is -0.991. The van der Waals surface area contributed by atoms with Crippen LogP contribution in [0, 0.1) is 0 Å². The zero-order chi connectivity index (χ0) is 16.7. The number of amides is 1. The highest BCUT2D eigenvalue weighted by Gasteiger charge is 2.32. The van der Waals surface area contributed by atoms with Gasteiger partial charge in [-0.3, -0.25) is 4.79 Å². The maximum atomic E-state index is 12.0. The molecule has 1 unspecified atom stereocenters. The summed E-state index contributed by atoms with van der Waals surface area (Å²) in [6, 6.07) is 19.0. The third-order valence-electron chi connectivity index (χ3n) is 3.77. The molecule has 0 fully saturated rings. The number of ether oxygens (including phenoxy) is 1. The van der Waals surface area contributed by atoms with E-state index in [2.05, 4.69) is 5.32 Å². The molecule has 0 radical (unpaired) electrons. The average molecular weight is 311 g/mol. The molecule has 1 N–H and O–H groups in total. The normalized spacial score (nSPS) is 13.0. The SMILES string of the molecule is CC(=O)C(C)(Cc1ccccc1)NC(=O)OCc1ccccc1. The number of benzene rings is 2. The largest absolute Gasteiger partial charge is 0.445 e. The van der Waals surface area contributed by atoms with Crippen LogP contribution in [0.5, 0.6) is 0 Å². The number of nitrogens with one attached hydrogen (secondary N) is 1. The van der Waals surface area contributed by atoms with Crippen LogP contribution in [0.3, 0.4) is 0 Å². The lowest BCUT2D eigenvalue weighted by molar-refractivity contribution is -0.122. The lowest BCUT2D eigenvalue weighted by Gasteiger charge is -2.27. The quantitative estimate of drug-likeness (QED) is 0.888. The number of hydrogen-bond donors (Lipinski definition) is 1. The molecular formula is C19H21NO3. The monoisotopic (exact) mass is 311 g/mol. The van der Waals surface area contributed by atoms with Crippen LogP contribution < -0.4 is 5.32 Å². The van der Waals surface area contributed by atoms with Crippen molar-refractivity contribution in [2.45, 2.75) is 32.4 Å². The molecule has 0 aromatic heterocycles. The maximum Gasteiger partial charge on any atom is 0.408 e. The molecule has 0 aliphatic carbocycles. The molecule has 4 nitrogen and oxygen atoms in total. The minimum absolute atomic E-state index is 0.113. The molecule has 1 amide bonds. The minimum Gasteiger partial charge on any atom is -0.445 e. The molecule has 0 saturated heterocycles. The van der Waals surface area contributed by atoms with Crippen molar-refractivity contribution in [1.29, 1.82) is 0 Å². The van der Waals surface area contributed by atoms with Gasteiger partial charge in [0.2, 0.25) is 0 Å². The van der Waals surface area contributed by atoms with Gasteiger partial charge in [-0.05, 0) is 25.0 Å². The molecular weight excluding hydrogens is 290 g/mol. The van der Waals surface area contributed by atoms with Crippen molar-refractivity contribution in [1.82, 2.24) is 5.32 Å². The summed E-state index contributed by atoms with van der Waals surface area (Å²) in [5.41, 5.74) is 0.888. The number of Topliss-reactive ketones (excluding diaryl/α,β-unsaturated/α-hetero) is 1. The number of carbonyl (C=O) groups is 2. The number of ketones is 1. The van der Waals surface area contributed by atoms with Crippen LogP contribution in [0.25, 0.3) is 0 Å². The van der Waals surface area contributed by atoms with Crippen LogP contribution in [-0.2, 0) is 22.6 Å². The van der Waals surface area contributed by atoms with Crippen molar-refractivity contribution < 1.29 is 14.3 Å². The van der Waals surface area contributed by atoms with Crippen molar-refractivity contribution in [3.8, 4) is 0 Å². The lowest BCUT2D eigenvalue weighted by Crippen LogP contribution is -2.53. The first-order chi connectivity index (χ1) is 11.0. The summed E-state index contributed by atoms with van der Waals surface area (Å²) in [6.45, 7) is 3.36. The van der Waals surface area contributed by atoms with E-state index in [0.29, 0.717) is 6.42 Å². The van der Waals surface area contributed by atoms with Gasteiger partial charge in [-0.25, -0.2) is 4.79 Å². The third-order valence-corrected chi connectivity index (χ3v) is 3.77. The molecule has 4 heteroatoms. The van der Waals surface area contributed by atoms with Crippen molar-refractivity contribution in [3.63, 3.8) is 0 Å². The summed E-state index contributed by atoms with van der Waals surface area (Å²) >= 11 is 0. The van der Waals surface area contributed by atoms with Crippen molar-refractivity contribution >= 4 is 11.9 Å². The second-order valence-electron chi connectivity index (χ2n) is 5.74. The van der Waals surface area contributed by atoms with Gasteiger partial charge in [0, 0.05) is 6.42 Å². The van der Waals surface area contributed by atoms with Crippen LogP contribution in [0.2, 0.25) is 0 Å². The summed E-state index contributed by atoms with van der Waals surface area (Å²) in [6.07, 6.45) is -0.175. The Bertz CT molecular complexity index is 655. The molecule has 120 valence electrons. The highest BCUT2D eigenvalue weighted by Crippen LogP contribution is 2.15. The second kappa shape index (κ2) is 7.58. The van der Waals surface area contributed by atoms with E-state index in [1.165, 1.54) is 6.92 Å². The zero-order valence-corrected chi connectivity index (χ0v) is 13.4. The van der Waals surface area contributed by atoms with Crippen LogP contribution in [-0.4, -0.2) is 17.4 Å². The standard InChI is InChI=1S/C19H21NO3/c1-15(21)19(2,13-16-9-5-3-6-10-16)20-18(22)23-14-17-11-7-4-8-12-17/h3-12H,13-14H2,1-2H3,(H,20,22). The van der Waals surface area contributed by atoms with Gasteiger partial charge in [0.05, 0.1) is 0 Å². The fourth-order valence-corrected chi connectivity index (χ4v) is 2.25. The number of carbonyl (C=O) groups excluding carboxylic acids is 2. The molecule has 0 aliphatic heterocycles. The predicted molar refractivity (Wildman–Crippen MR) is 89.0 cm³/mol. The zero-order valence-electron chi connectivity index (χ0n) is 13.4. The smallest absolute Gasteiger partial charge is 0.408 e. The van der Waals surface area contributed by atoms with Crippen molar-refractivity contribution in [2.24, 2.45) is 0 Å². The summed E-state index contributed by atoms with van der Waals surface area (Å²) in [4.78, 5) is 24.1. The van der Waals surface area contributed by atoms with Gasteiger partial charge in [0.15, 0.2) is 5.78 Å². The maximum absolute atomic E-state index is 12.0. The Morgan fingerprint density at radius 1 is 0.957 bits per heavy atom. The van der Waals surface area contributed by atoms with E-state index in [-0.39, 0.29) is 12.4 Å². The lowest BCUT2D eigenvalue weighted by atomic mass is 9.89. The Balaban J connectivity index is 1.98. The summed E-state index contributed by atoms with van der Waals surface area (Å²) in [5, 5.41) is 2.70. The van der Waals surface area contributed by atoms with Crippen molar-refractivity contribution in [3.05, 3.63) is 71.8 Å². The molecule has 0 aliphatic rings. The van der Waals surface area contributed by atoms with Crippen LogP contribution in [0.4, 0.5) is 4.79 Å². The van der Waals surface area contributed by atoms with Gasteiger partial charge in [-0.2, -0.15) is 0 Å². The Labute approximate surface area is 136 Å². The molecule has 2 aromatic rings. The highest BCUT2D eigenvalue weighted by molar-refractivity contribution is 5.89. The van der Waals surface area contributed by atoms with Gasteiger partial charge in [-0.15, -0.1) is 0 Å². The van der Waals surface area contributed by atoms with Crippen molar-refractivity contribution in [2.75, 3.05) is 0 Å². The van der Waals surface area contributed by atoms with E-state index >= 15 is 0 Å². The predicted octanol–water partition coefficient (Wildman–Crippen LogP) is 3.50. The van der Waals surface area contributed by atoms with Gasteiger partial charge in [-0.1, -0.05) is 60.7 Å². The summed E-state index contributed by atoms with van der Waals surface area (Å²) < 4.78 is 5.21. The molecule has 23 heavy (non-hydrogen) atoms. The highest BCUT2D eigenvalue weighted by atomic mass is 16.5. The molecule has 0 heterocycles. The Morgan fingerprint density at radius 3 is 2.00 bits per heavy atom. The van der Waals surface area contributed by atoms with E-state index in [9.17, 15) is 9.59 Å². The molecule has 2 rings (SSSR count). The number of rotatable bonds is 6. The van der Waals surface area contributed by atoms with Gasteiger partial charge < -0.3 is 10.1 Å². The van der Waals surface area contributed by atoms with Crippen LogP contribution in [0.1, 0.15) is 25.0 Å². The van der Waals surface area contributed by atoms with Gasteiger partial charge >= 0.3 is 6.09 Å². The Morgan fingerprint density at radius 2 is 1.48 bits per heavy atom. The first-order valence-electron chi connectivity index (χ1n) is 7.53. The van der Waals surface area contributed by atoms with E-state index in [1.807, 2.05) is 60.7 Å². The fourth-order valence-electron chi connectivity index (χ4n) is 2.25. The molecule has 0 saturated carbocycles. The third kappa shape index (κ3) is 4.95. The van der Waals surface area contributed by atoms with Crippen LogP contribution >= 0.6 is 0 Å². The summed E-state index contributed by atoms with van der Waals surface area (Å²) in [5.74, 6) is -0.113. The first kappa shape index (κ1) is 16.7. The van der Waals surface area contributed by atoms with E-state index < -0.39 is 11.6 Å². The molecule has 0 bridgehead atoms. The molecule has 1 atom stereocenters. The fraction of sp³-hybridized carbons (Fsp3) is 0.263. The van der Waals surface area contributed by atoms with E-state index in [1.54, 1.807) is 6.92 Å². The Kier molecular flexibility index (Phi) is 5.52. The van der Waals surface area contributed by atoms with Gasteiger partial charge in [0.25, 0.3) is 0 Å². The Hall–Kier alpha value is -2.62. The second-order valence-corrected chi connectivity index (χ2v) is 5.74.